The predicted molar refractivity (Wildman–Crippen MR) is 93.9 cm³/mol. The Morgan fingerprint density at radius 1 is 1.17 bits per heavy atom. The van der Waals surface area contributed by atoms with Gasteiger partial charge in [0, 0.05) is 31.9 Å². The summed E-state index contributed by atoms with van der Waals surface area (Å²) in [5.74, 6) is 1.45. The van der Waals surface area contributed by atoms with Crippen LogP contribution in [0, 0.1) is 17.8 Å². The first-order valence-corrected chi connectivity index (χ1v) is 8.74. The minimum absolute atomic E-state index is 0.213. The van der Waals surface area contributed by atoms with Crippen LogP contribution < -0.4 is 10.2 Å². The molecule has 2 bridgehead atoms. The van der Waals surface area contributed by atoms with Gasteiger partial charge in [-0.15, -0.1) is 0 Å². The SMILES string of the molecule is CN(C)c1ccc(NC(=O)COC(=O)C[C@H]2C[C@H]3CC[C@@H]2C3)cc1. The molecule has 0 spiro atoms. The lowest BCUT2D eigenvalue weighted by atomic mass is 9.86. The molecule has 0 heterocycles. The summed E-state index contributed by atoms with van der Waals surface area (Å²) in [5, 5.41) is 2.75. The number of rotatable bonds is 6. The second-order valence-electron chi connectivity index (χ2n) is 7.29. The van der Waals surface area contributed by atoms with E-state index in [-0.39, 0.29) is 18.5 Å². The van der Waals surface area contributed by atoms with Crippen LogP contribution in [0.1, 0.15) is 32.1 Å². The number of amides is 1. The Bertz CT molecular complexity index is 597. The topological polar surface area (TPSA) is 58.6 Å². The first-order chi connectivity index (χ1) is 11.5. The molecule has 24 heavy (non-hydrogen) atoms. The molecule has 0 radical (unpaired) electrons. The Morgan fingerprint density at radius 3 is 2.50 bits per heavy atom. The van der Waals surface area contributed by atoms with Gasteiger partial charge in [0.2, 0.25) is 0 Å². The van der Waals surface area contributed by atoms with Gasteiger partial charge in [0.1, 0.15) is 0 Å². The average molecular weight is 330 g/mol. The molecule has 3 atom stereocenters. The van der Waals surface area contributed by atoms with Crippen molar-refractivity contribution in [3.8, 4) is 0 Å². The van der Waals surface area contributed by atoms with Gasteiger partial charge in [-0.05, 0) is 61.3 Å². The molecule has 0 saturated heterocycles. The molecule has 1 aromatic carbocycles. The Balaban J connectivity index is 1.39. The van der Waals surface area contributed by atoms with Crippen LogP contribution in [0.15, 0.2) is 24.3 Å². The molecule has 2 aliphatic rings. The average Bonchev–Trinajstić information content (AvgIpc) is 3.16. The van der Waals surface area contributed by atoms with Gasteiger partial charge in [0.15, 0.2) is 6.61 Å². The van der Waals surface area contributed by atoms with Crippen molar-refractivity contribution in [2.75, 3.05) is 30.9 Å². The van der Waals surface area contributed by atoms with E-state index < -0.39 is 0 Å². The van der Waals surface area contributed by atoms with E-state index in [2.05, 4.69) is 5.32 Å². The summed E-state index contributed by atoms with van der Waals surface area (Å²) in [7, 11) is 3.92. The van der Waals surface area contributed by atoms with Crippen LogP contribution in [0.2, 0.25) is 0 Å². The number of hydrogen-bond donors (Lipinski definition) is 1. The van der Waals surface area contributed by atoms with Crippen LogP contribution in [0.25, 0.3) is 0 Å². The zero-order valence-corrected chi connectivity index (χ0v) is 14.5. The van der Waals surface area contributed by atoms with Gasteiger partial charge in [-0.2, -0.15) is 0 Å². The molecule has 3 rings (SSSR count). The quantitative estimate of drug-likeness (QED) is 0.815. The van der Waals surface area contributed by atoms with Crippen molar-refractivity contribution in [3.05, 3.63) is 24.3 Å². The Morgan fingerprint density at radius 2 is 1.92 bits per heavy atom. The predicted octanol–water partition coefficient (Wildman–Crippen LogP) is 3.06. The van der Waals surface area contributed by atoms with Gasteiger partial charge < -0.3 is 15.0 Å². The number of carbonyl (C=O) groups is 2. The lowest BCUT2D eigenvalue weighted by Gasteiger charge is -2.20. The summed E-state index contributed by atoms with van der Waals surface area (Å²) in [6.07, 6.45) is 5.48. The van der Waals surface area contributed by atoms with Crippen molar-refractivity contribution >= 4 is 23.3 Å². The van der Waals surface area contributed by atoms with Crippen molar-refractivity contribution in [3.63, 3.8) is 0 Å². The van der Waals surface area contributed by atoms with Gasteiger partial charge in [-0.3, -0.25) is 9.59 Å². The van der Waals surface area contributed by atoms with Crippen molar-refractivity contribution in [2.45, 2.75) is 32.1 Å². The summed E-state index contributed by atoms with van der Waals surface area (Å²) < 4.78 is 5.15. The summed E-state index contributed by atoms with van der Waals surface area (Å²) in [5.41, 5.74) is 1.76. The number of benzene rings is 1. The third-order valence-corrected chi connectivity index (χ3v) is 5.35. The second-order valence-corrected chi connectivity index (χ2v) is 7.29. The van der Waals surface area contributed by atoms with Gasteiger partial charge in [0.05, 0.1) is 0 Å². The number of nitrogens with one attached hydrogen (secondary N) is 1. The maximum atomic E-state index is 11.9. The normalized spacial score (nSPS) is 24.7. The molecule has 0 unspecified atom stereocenters. The smallest absolute Gasteiger partial charge is 0.306 e. The third kappa shape index (κ3) is 4.08. The molecule has 0 aliphatic heterocycles. The second kappa shape index (κ2) is 7.24. The highest BCUT2D eigenvalue weighted by Crippen LogP contribution is 2.49. The minimum Gasteiger partial charge on any atom is -0.456 e. The van der Waals surface area contributed by atoms with Crippen molar-refractivity contribution in [1.82, 2.24) is 0 Å². The van der Waals surface area contributed by atoms with Gasteiger partial charge >= 0.3 is 5.97 Å². The summed E-state index contributed by atoms with van der Waals surface area (Å²) in [6, 6.07) is 7.53. The van der Waals surface area contributed by atoms with E-state index in [1.165, 1.54) is 19.3 Å². The third-order valence-electron chi connectivity index (χ3n) is 5.35. The van der Waals surface area contributed by atoms with Crippen molar-refractivity contribution in [2.24, 2.45) is 17.8 Å². The highest BCUT2D eigenvalue weighted by molar-refractivity contribution is 5.92. The largest absolute Gasteiger partial charge is 0.456 e. The lowest BCUT2D eigenvalue weighted by molar-refractivity contribution is -0.148. The first-order valence-electron chi connectivity index (χ1n) is 8.74. The van der Waals surface area contributed by atoms with Gasteiger partial charge in [-0.25, -0.2) is 0 Å². The number of ether oxygens (including phenoxy) is 1. The van der Waals surface area contributed by atoms with E-state index in [9.17, 15) is 9.59 Å². The molecule has 2 fully saturated rings. The maximum absolute atomic E-state index is 11.9. The van der Waals surface area contributed by atoms with Crippen LogP contribution >= 0.6 is 0 Å². The Hall–Kier alpha value is -2.04. The number of fused-ring (bicyclic) bond motifs is 2. The fourth-order valence-electron chi connectivity index (χ4n) is 4.09. The molecular formula is C19H26N2O3. The fraction of sp³-hybridized carbons (Fsp3) is 0.579. The maximum Gasteiger partial charge on any atom is 0.306 e. The molecule has 1 N–H and O–H groups in total. The summed E-state index contributed by atoms with van der Waals surface area (Å²) in [6.45, 7) is -0.213. The molecule has 2 aliphatic carbocycles. The lowest BCUT2D eigenvalue weighted by Crippen LogP contribution is -2.23. The van der Waals surface area contributed by atoms with Crippen molar-refractivity contribution < 1.29 is 14.3 Å². The van der Waals surface area contributed by atoms with Gasteiger partial charge in [-0.1, -0.05) is 6.42 Å². The summed E-state index contributed by atoms with van der Waals surface area (Å²) >= 11 is 0. The van der Waals surface area contributed by atoms with E-state index >= 15 is 0 Å². The molecule has 5 heteroatoms. The van der Waals surface area contributed by atoms with Crippen LogP contribution in [0.3, 0.4) is 0 Å². The zero-order valence-electron chi connectivity index (χ0n) is 14.5. The standard InChI is InChI=1S/C19H26N2O3/c1-21(2)17-7-5-16(6-8-17)20-18(22)12-24-19(23)11-15-10-13-3-4-14(15)9-13/h5-8,13-15H,3-4,9-12H2,1-2H3,(H,20,22)/t13-,14+,15+/m0/s1. The molecule has 2 saturated carbocycles. The first kappa shape index (κ1) is 16.8. The monoisotopic (exact) mass is 330 g/mol. The van der Waals surface area contributed by atoms with E-state index in [1.54, 1.807) is 0 Å². The molecular weight excluding hydrogens is 304 g/mol. The zero-order chi connectivity index (χ0) is 17.1. The fourth-order valence-corrected chi connectivity index (χ4v) is 4.09. The van der Waals surface area contributed by atoms with Gasteiger partial charge in [0.25, 0.3) is 5.91 Å². The van der Waals surface area contributed by atoms with Crippen LogP contribution in [-0.4, -0.2) is 32.6 Å². The number of anilines is 2. The minimum atomic E-state index is -0.297. The number of nitrogens with zero attached hydrogens (tertiary/aromatic N) is 1. The Kier molecular flexibility index (Phi) is 5.07. The number of carbonyl (C=O) groups excluding carboxylic acids is 2. The molecule has 0 aromatic heterocycles. The van der Waals surface area contributed by atoms with Crippen molar-refractivity contribution in [1.29, 1.82) is 0 Å². The number of hydrogen-bond acceptors (Lipinski definition) is 4. The highest BCUT2D eigenvalue weighted by Gasteiger charge is 2.40. The van der Waals surface area contributed by atoms with E-state index in [0.29, 0.717) is 23.9 Å². The molecule has 1 aromatic rings. The van der Waals surface area contributed by atoms with Crippen LogP contribution in [0.5, 0.6) is 0 Å². The van der Waals surface area contributed by atoms with E-state index in [1.807, 2.05) is 43.3 Å². The summed E-state index contributed by atoms with van der Waals surface area (Å²) in [4.78, 5) is 25.8. The highest BCUT2D eigenvalue weighted by atomic mass is 16.5. The van der Waals surface area contributed by atoms with E-state index in [0.717, 1.165) is 18.0 Å². The number of esters is 1. The molecule has 5 nitrogen and oxygen atoms in total. The van der Waals surface area contributed by atoms with Crippen LogP contribution in [-0.2, 0) is 14.3 Å². The van der Waals surface area contributed by atoms with Crippen LogP contribution in [0.4, 0.5) is 11.4 Å². The molecule has 130 valence electrons. The van der Waals surface area contributed by atoms with E-state index in [4.69, 9.17) is 4.74 Å². The molecule has 1 amide bonds. The Labute approximate surface area is 143 Å².